The van der Waals surface area contributed by atoms with Crippen molar-refractivity contribution in [1.82, 2.24) is 10.2 Å². The van der Waals surface area contributed by atoms with Gasteiger partial charge in [0.15, 0.2) is 23.0 Å². The molecule has 0 aliphatic carbocycles. The van der Waals surface area contributed by atoms with Crippen LogP contribution in [0.5, 0.6) is 23.0 Å². The van der Waals surface area contributed by atoms with Gasteiger partial charge in [0.25, 0.3) is 5.91 Å². The van der Waals surface area contributed by atoms with Crippen molar-refractivity contribution in [2.24, 2.45) is 0 Å². The molecular formula is C28H29ClN2O5. The molecule has 0 radical (unpaired) electrons. The van der Waals surface area contributed by atoms with Gasteiger partial charge in [-0.15, -0.1) is 11.6 Å². The molecule has 3 aromatic rings. The van der Waals surface area contributed by atoms with Gasteiger partial charge in [-0.2, -0.15) is 0 Å². The molecule has 1 fully saturated rings. The average Bonchev–Trinajstić information content (AvgIpc) is 3.59. The van der Waals surface area contributed by atoms with Gasteiger partial charge in [-0.05, 0) is 60.4 Å². The normalized spacial score (nSPS) is 16.2. The van der Waals surface area contributed by atoms with Crippen LogP contribution in [0.15, 0.2) is 66.7 Å². The number of fused-ring (bicyclic) bond motifs is 2. The average molecular weight is 509 g/mol. The molecule has 7 nitrogen and oxygen atoms in total. The van der Waals surface area contributed by atoms with Crippen LogP contribution in [0, 0.1) is 0 Å². The molecule has 6 rings (SSSR count). The standard InChI is InChI=1S/C20H22N2O3.C8H7ClO2/c23-20(16-4-2-1-3-5-16)21-17-8-10-22(11-9-17)13-15-6-7-18-19(12-15)25-14-24-18;9-4-6-1-2-7-8(3-6)11-5-10-7/h1-7,12,17H,8-11,13-14H2,(H,21,23);1-3H,4-5H2. The first-order valence-corrected chi connectivity index (χ1v) is 12.6. The van der Waals surface area contributed by atoms with E-state index in [4.69, 9.17) is 30.5 Å². The Morgan fingerprint density at radius 1 is 0.806 bits per heavy atom. The second-order valence-corrected chi connectivity index (χ2v) is 9.17. The Morgan fingerprint density at radius 2 is 1.39 bits per heavy atom. The number of piperidine rings is 1. The van der Waals surface area contributed by atoms with Crippen LogP contribution in [0.25, 0.3) is 0 Å². The lowest BCUT2D eigenvalue weighted by atomic mass is 10.0. The smallest absolute Gasteiger partial charge is 0.251 e. The van der Waals surface area contributed by atoms with Crippen LogP contribution in [-0.4, -0.2) is 43.5 Å². The molecule has 0 aromatic heterocycles. The van der Waals surface area contributed by atoms with Crippen molar-refractivity contribution in [3.63, 3.8) is 0 Å². The van der Waals surface area contributed by atoms with Gasteiger partial charge < -0.3 is 24.3 Å². The van der Waals surface area contributed by atoms with Gasteiger partial charge in [-0.1, -0.05) is 30.3 Å². The zero-order valence-electron chi connectivity index (χ0n) is 20.0. The number of amides is 1. The molecule has 0 spiro atoms. The van der Waals surface area contributed by atoms with Crippen LogP contribution in [0.1, 0.15) is 34.3 Å². The summed E-state index contributed by atoms with van der Waals surface area (Å²) in [6, 6.07) is 21.5. The van der Waals surface area contributed by atoms with Crippen molar-refractivity contribution in [2.75, 3.05) is 26.7 Å². The highest BCUT2D eigenvalue weighted by Crippen LogP contribution is 2.33. The van der Waals surface area contributed by atoms with Crippen molar-refractivity contribution < 1.29 is 23.7 Å². The number of nitrogens with zero attached hydrogens (tertiary/aromatic N) is 1. The highest BCUT2D eigenvalue weighted by molar-refractivity contribution is 6.17. The molecule has 1 saturated heterocycles. The predicted molar refractivity (Wildman–Crippen MR) is 137 cm³/mol. The molecule has 0 bridgehead atoms. The third-order valence-electron chi connectivity index (χ3n) is 6.39. The molecule has 3 aliphatic rings. The Morgan fingerprint density at radius 3 is 2.03 bits per heavy atom. The topological polar surface area (TPSA) is 69.3 Å². The van der Waals surface area contributed by atoms with Crippen LogP contribution in [-0.2, 0) is 12.4 Å². The maximum atomic E-state index is 12.2. The third-order valence-corrected chi connectivity index (χ3v) is 6.70. The molecule has 0 atom stereocenters. The molecule has 188 valence electrons. The lowest BCUT2D eigenvalue weighted by Gasteiger charge is -2.32. The van der Waals surface area contributed by atoms with E-state index in [0.717, 1.165) is 66.6 Å². The number of carbonyl (C=O) groups excluding carboxylic acids is 1. The van der Waals surface area contributed by atoms with E-state index in [1.807, 2.05) is 54.6 Å². The first-order valence-electron chi connectivity index (χ1n) is 12.1. The van der Waals surface area contributed by atoms with Crippen molar-refractivity contribution in [1.29, 1.82) is 0 Å². The Hall–Kier alpha value is -3.42. The summed E-state index contributed by atoms with van der Waals surface area (Å²) in [4.78, 5) is 14.7. The molecule has 3 heterocycles. The fourth-order valence-corrected chi connectivity index (χ4v) is 4.58. The molecule has 1 amide bonds. The molecule has 1 N–H and O–H groups in total. The highest BCUT2D eigenvalue weighted by atomic mass is 35.5. The monoisotopic (exact) mass is 508 g/mol. The number of alkyl halides is 1. The number of nitrogens with one attached hydrogen (secondary N) is 1. The summed E-state index contributed by atoms with van der Waals surface area (Å²) in [5.41, 5.74) is 3.01. The van der Waals surface area contributed by atoms with Crippen LogP contribution >= 0.6 is 11.6 Å². The summed E-state index contributed by atoms with van der Waals surface area (Å²) in [5, 5.41) is 3.15. The lowest BCUT2D eigenvalue weighted by Crippen LogP contribution is -2.44. The zero-order valence-corrected chi connectivity index (χ0v) is 20.7. The number of ether oxygens (including phenoxy) is 4. The van der Waals surface area contributed by atoms with E-state index >= 15 is 0 Å². The zero-order chi connectivity index (χ0) is 24.7. The number of carbonyl (C=O) groups is 1. The number of hydrogen-bond donors (Lipinski definition) is 1. The molecule has 3 aliphatic heterocycles. The predicted octanol–water partition coefficient (Wildman–Crippen LogP) is 4.96. The number of rotatable bonds is 5. The second kappa shape index (κ2) is 11.5. The summed E-state index contributed by atoms with van der Waals surface area (Å²) in [7, 11) is 0. The van der Waals surface area contributed by atoms with Gasteiger partial charge in [0, 0.05) is 37.1 Å². The van der Waals surface area contributed by atoms with Crippen molar-refractivity contribution in [3.05, 3.63) is 83.4 Å². The highest BCUT2D eigenvalue weighted by Gasteiger charge is 2.22. The van der Waals surface area contributed by atoms with E-state index in [0.29, 0.717) is 19.5 Å². The molecule has 3 aromatic carbocycles. The van der Waals surface area contributed by atoms with Crippen LogP contribution in [0.3, 0.4) is 0 Å². The Bertz CT molecular complexity index is 1180. The van der Waals surface area contributed by atoms with Crippen LogP contribution in [0.2, 0.25) is 0 Å². The third kappa shape index (κ3) is 6.04. The molecule has 0 unspecified atom stereocenters. The maximum absolute atomic E-state index is 12.2. The number of likely N-dealkylation sites (tertiary alicyclic amines) is 1. The van der Waals surface area contributed by atoms with E-state index in [9.17, 15) is 4.79 Å². The van der Waals surface area contributed by atoms with E-state index in [2.05, 4.69) is 22.3 Å². The van der Waals surface area contributed by atoms with Crippen molar-refractivity contribution >= 4 is 17.5 Å². The van der Waals surface area contributed by atoms with Crippen molar-refractivity contribution in [3.8, 4) is 23.0 Å². The number of hydrogen-bond acceptors (Lipinski definition) is 6. The summed E-state index contributed by atoms with van der Waals surface area (Å²) in [5.74, 6) is 3.79. The van der Waals surface area contributed by atoms with E-state index in [1.165, 1.54) is 5.56 Å². The Labute approximate surface area is 215 Å². The molecule has 0 saturated carbocycles. The summed E-state index contributed by atoms with van der Waals surface area (Å²) in [6.07, 6.45) is 1.95. The maximum Gasteiger partial charge on any atom is 0.251 e. The van der Waals surface area contributed by atoms with Crippen LogP contribution in [0.4, 0.5) is 0 Å². The summed E-state index contributed by atoms with van der Waals surface area (Å²) < 4.78 is 21.1. The largest absolute Gasteiger partial charge is 0.454 e. The van der Waals surface area contributed by atoms with Gasteiger partial charge in [0.1, 0.15) is 0 Å². The van der Waals surface area contributed by atoms with Crippen molar-refractivity contribution in [2.45, 2.75) is 31.3 Å². The summed E-state index contributed by atoms with van der Waals surface area (Å²) in [6.45, 7) is 3.49. The van der Waals surface area contributed by atoms with Gasteiger partial charge in [-0.3, -0.25) is 9.69 Å². The van der Waals surface area contributed by atoms with Gasteiger partial charge >= 0.3 is 0 Å². The van der Waals surface area contributed by atoms with E-state index in [-0.39, 0.29) is 11.9 Å². The minimum Gasteiger partial charge on any atom is -0.454 e. The minimum absolute atomic E-state index is 0.0230. The van der Waals surface area contributed by atoms with Gasteiger partial charge in [0.2, 0.25) is 13.6 Å². The SMILES string of the molecule is ClCc1ccc2c(c1)OCO2.O=C(NC1CCN(Cc2ccc3c(c2)OCO3)CC1)c1ccccc1. The van der Waals surface area contributed by atoms with Gasteiger partial charge in [0.05, 0.1) is 0 Å². The minimum atomic E-state index is 0.0230. The number of halogens is 1. The fraction of sp³-hybridized carbons (Fsp3) is 0.321. The summed E-state index contributed by atoms with van der Waals surface area (Å²) >= 11 is 5.63. The molecule has 36 heavy (non-hydrogen) atoms. The number of benzene rings is 3. The Kier molecular flexibility index (Phi) is 7.79. The quantitative estimate of drug-likeness (QED) is 0.491. The first kappa shape index (κ1) is 24.3. The fourth-order valence-electron chi connectivity index (χ4n) is 4.42. The van der Waals surface area contributed by atoms with E-state index in [1.54, 1.807) is 0 Å². The second-order valence-electron chi connectivity index (χ2n) is 8.90. The van der Waals surface area contributed by atoms with Crippen LogP contribution < -0.4 is 24.3 Å². The van der Waals surface area contributed by atoms with Gasteiger partial charge in [-0.25, -0.2) is 0 Å². The Balaban J connectivity index is 0.000000202. The molecular weight excluding hydrogens is 480 g/mol. The first-order chi connectivity index (χ1) is 17.7. The molecule has 8 heteroatoms. The lowest BCUT2D eigenvalue weighted by molar-refractivity contribution is 0.0909. The van der Waals surface area contributed by atoms with E-state index < -0.39 is 0 Å².